The lowest BCUT2D eigenvalue weighted by molar-refractivity contribution is 1.28. The van der Waals surface area contributed by atoms with Gasteiger partial charge in [0.25, 0.3) is 0 Å². The molecule has 8 heteroatoms. The summed E-state index contributed by atoms with van der Waals surface area (Å²) in [5, 5.41) is 7.12. The van der Waals surface area contributed by atoms with Crippen molar-refractivity contribution < 1.29 is 0 Å². The van der Waals surface area contributed by atoms with E-state index in [1.807, 2.05) is 36.4 Å². The fourth-order valence-corrected chi connectivity index (χ4v) is 11.6. The van der Waals surface area contributed by atoms with Gasteiger partial charge in [0.1, 0.15) is 0 Å². The van der Waals surface area contributed by atoms with Gasteiger partial charge in [-0.2, -0.15) is 0 Å². The second kappa shape index (κ2) is 31.0. The van der Waals surface area contributed by atoms with Gasteiger partial charge in [0.2, 0.25) is 0 Å². The molecule has 0 aromatic heterocycles. The Morgan fingerprint density at radius 1 is 0.185 bits per heavy atom. The molecule has 0 bridgehead atoms. The van der Waals surface area contributed by atoms with Crippen LogP contribution in [-0.2, 0) is 0 Å². The van der Waals surface area contributed by atoms with Gasteiger partial charge in [-0.15, -0.1) is 0 Å². The summed E-state index contributed by atoms with van der Waals surface area (Å²) in [5.41, 5.74) is 21.6. The summed E-state index contributed by atoms with van der Waals surface area (Å²) in [4.78, 5) is 6.80. The first kappa shape index (κ1) is 62.0. The van der Waals surface area contributed by atoms with E-state index in [9.17, 15) is 0 Å². The molecule has 0 saturated carbocycles. The van der Waals surface area contributed by atoms with Crippen molar-refractivity contribution in [3.05, 3.63) is 389 Å². The van der Waals surface area contributed by atoms with Crippen LogP contribution in [0.1, 0.15) is 0 Å². The molecular weight excluding hydrogens is 1370 g/mol. The smallest absolute Gasteiger partial charge is 0.0463 e. The maximum absolute atomic E-state index is 3.56. The van der Waals surface area contributed by atoms with E-state index in [-0.39, 0.29) is 0 Å². The third-order valence-electron chi connectivity index (χ3n) is 15.3. The monoisotopic (exact) mass is 1430 g/mol. The molecule has 0 amide bonds. The van der Waals surface area contributed by atoms with Crippen LogP contribution in [0.4, 0.5) is 73.9 Å². The quantitative estimate of drug-likeness (QED) is 0.0943. The van der Waals surface area contributed by atoms with Gasteiger partial charge in [-0.3, -0.25) is 0 Å². The molecule has 0 aliphatic carbocycles. The summed E-state index contributed by atoms with van der Waals surface area (Å²) in [6, 6.07) is 131. The largest absolute Gasteiger partial charge is 0.356 e. The molecule has 14 aromatic carbocycles. The number of rotatable bonds is 16. The second-order valence-corrected chi connectivity index (χ2v) is 24.7. The molecule has 0 aliphatic heterocycles. The number of hydrogen-bond acceptors (Lipinski definition) is 5. The van der Waals surface area contributed by atoms with Crippen LogP contribution in [0.15, 0.2) is 385 Å². The van der Waals surface area contributed by atoms with Crippen LogP contribution in [0.2, 0.25) is 0 Å². The van der Waals surface area contributed by atoms with Gasteiger partial charge in [-0.25, -0.2) is 0 Å². The Labute approximate surface area is 571 Å². The van der Waals surface area contributed by atoms with E-state index in [1.165, 1.54) is 37.0 Å². The highest BCUT2D eigenvalue weighted by Crippen LogP contribution is 2.39. The molecule has 0 saturated heterocycles. The summed E-state index contributed by atoms with van der Waals surface area (Å²) in [6.45, 7) is 0. The van der Waals surface area contributed by atoms with E-state index in [0.29, 0.717) is 0 Å². The van der Waals surface area contributed by atoms with Crippen LogP contribution in [0, 0.1) is 3.57 Å². The number of nitrogens with zero attached hydrogens (tertiary/aromatic N) is 3. The normalized spacial score (nSPS) is 10.6. The number of halogens is 3. The average Bonchev–Trinajstić information content (AvgIpc) is 1.41. The highest BCUT2D eigenvalue weighted by molar-refractivity contribution is 14.1. The number of benzene rings is 14. The lowest BCUT2D eigenvalue weighted by Crippen LogP contribution is -2.09. The van der Waals surface area contributed by atoms with Crippen LogP contribution in [0.3, 0.4) is 0 Å². The molecule has 14 aromatic rings. The minimum Gasteiger partial charge on any atom is -0.356 e. The van der Waals surface area contributed by atoms with Gasteiger partial charge in [-0.05, 0) is 250 Å². The Morgan fingerprint density at radius 3 is 0.576 bits per heavy atom. The van der Waals surface area contributed by atoms with Crippen molar-refractivity contribution in [2.45, 2.75) is 0 Å². The zero-order chi connectivity index (χ0) is 62.7. The predicted octanol–water partition coefficient (Wildman–Crippen LogP) is 26.1. The van der Waals surface area contributed by atoms with Gasteiger partial charge >= 0.3 is 0 Å². The highest BCUT2D eigenvalue weighted by Gasteiger charge is 2.15. The molecule has 0 heterocycles. The minimum absolute atomic E-state index is 1.04. The van der Waals surface area contributed by atoms with Crippen LogP contribution < -0.4 is 25.3 Å². The number of hydrogen-bond donors (Lipinski definition) is 2. The summed E-state index contributed by atoms with van der Waals surface area (Å²) < 4.78 is 3.48. The van der Waals surface area contributed by atoms with Gasteiger partial charge < -0.3 is 25.3 Å². The van der Waals surface area contributed by atoms with Crippen LogP contribution >= 0.6 is 54.5 Å². The van der Waals surface area contributed by atoms with Crippen molar-refractivity contribution in [1.29, 1.82) is 0 Å². The Balaban J connectivity index is 0.000000167. The standard InChI is InChI=1S/C48H38N4.C24H18BrN.C12H8BrI/c1-5-13-43(14-6-1)51(44-15-7-2-8-16-44)47-33-29-41(30-34-47)49-39-25-21-37(22-26-39)38-23-27-40(28-24-38)50-42-31-35-48(36-32-42)52(45-17-9-3-10-18-45)46-19-11-4-12-20-46;25-21-15-11-19(12-16-21)20-13-17-24(18-14-20)26(22-7-3-1-4-8-22)23-9-5-2-6-10-23;13-11-5-1-9(2-6-11)10-3-7-12(14)8-4-10/h1-36,49-50H;1-18H;1-8H. The topological polar surface area (TPSA) is 33.8 Å². The number of para-hydroxylation sites is 6. The number of anilines is 13. The van der Waals surface area contributed by atoms with Gasteiger partial charge in [0.15, 0.2) is 0 Å². The van der Waals surface area contributed by atoms with E-state index < -0.39 is 0 Å². The third-order valence-corrected chi connectivity index (χ3v) is 17.1. The Hall–Kier alpha value is -10.2. The van der Waals surface area contributed by atoms with E-state index >= 15 is 0 Å². The summed E-state index contributed by atoms with van der Waals surface area (Å²) in [7, 11) is 0. The first-order valence-corrected chi connectivity index (χ1v) is 33.0. The van der Waals surface area contributed by atoms with Crippen molar-refractivity contribution in [3.8, 4) is 33.4 Å². The van der Waals surface area contributed by atoms with E-state index in [1.54, 1.807) is 0 Å². The Morgan fingerprint density at radius 2 is 0.348 bits per heavy atom. The van der Waals surface area contributed by atoms with Crippen molar-refractivity contribution in [1.82, 2.24) is 0 Å². The maximum atomic E-state index is 3.56. The Bertz CT molecular complexity index is 4170. The van der Waals surface area contributed by atoms with Crippen molar-refractivity contribution in [2.75, 3.05) is 25.3 Å². The first-order valence-electron chi connectivity index (χ1n) is 30.4. The van der Waals surface area contributed by atoms with E-state index in [0.717, 1.165) is 82.9 Å². The van der Waals surface area contributed by atoms with Crippen LogP contribution in [-0.4, -0.2) is 0 Å². The fourth-order valence-electron chi connectivity index (χ4n) is 10.7. The molecular formula is C84H64Br2IN5. The molecule has 0 aliphatic rings. The summed E-state index contributed by atoms with van der Waals surface area (Å²) in [5.74, 6) is 0. The molecule has 5 nitrogen and oxygen atoms in total. The molecule has 446 valence electrons. The van der Waals surface area contributed by atoms with Gasteiger partial charge in [0.05, 0.1) is 0 Å². The second-order valence-electron chi connectivity index (χ2n) is 21.6. The van der Waals surface area contributed by atoms with Crippen molar-refractivity contribution >= 4 is 128 Å². The highest BCUT2D eigenvalue weighted by atomic mass is 127. The lowest BCUT2D eigenvalue weighted by Gasteiger charge is -2.25. The molecule has 0 spiro atoms. The number of nitrogens with one attached hydrogen (secondary N) is 2. The lowest BCUT2D eigenvalue weighted by atomic mass is 10.0. The summed E-state index contributed by atoms with van der Waals surface area (Å²) in [6.07, 6.45) is 0. The SMILES string of the molecule is Brc1ccc(-c2ccc(I)cc2)cc1.Brc1ccc(-c2ccc(N(c3ccccc3)c3ccccc3)cc2)cc1.c1ccc(N(c2ccccc2)c2ccc(Nc3ccc(-c4ccc(Nc5ccc(N(c6ccccc6)c6ccccc6)cc5)cc4)cc3)cc2)cc1. The van der Waals surface area contributed by atoms with Crippen molar-refractivity contribution in [3.63, 3.8) is 0 Å². The van der Waals surface area contributed by atoms with Gasteiger partial charge in [-0.1, -0.05) is 214 Å². The maximum Gasteiger partial charge on any atom is 0.0463 e. The van der Waals surface area contributed by atoms with Crippen LogP contribution in [0.5, 0.6) is 0 Å². The average molecular weight is 1430 g/mol. The predicted molar refractivity (Wildman–Crippen MR) is 407 cm³/mol. The van der Waals surface area contributed by atoms with Crippen molar-refractivity contribution in [2.24, 2.45) is 0 Å². The molecule has 0 unspecified atom stereocenters. The first-order chi connectivity index (χ1) is 45.3. The zero-order valence-electron chi connectivity index (χ0n) is 50.3. The van der Waals surface area contributed by atoms with E-state index in [2.05, 4.69) is 420 Å². The Kier molecular flexibility index (Phi) is 20.9. The molecule has 14 rings (SSSR count). The molecule has 92 heavy (non-hydrogen) atoms. The molecule has 0 radical (unpaired) electrons. The zero-order valence-corrected chi connectivity index (χ0v) is 55.6. The molecule has 0 atom stereocenters. The third kappa shape index (κ3) is 16.4. The summed E-state index contributed by atoms with van der Waals surface area (Å²) >= 11 is 9.24. The molecule has 0 fully saturated rings. The minimum atomic E-state index is 1.04. The molecule has 2 N–H and O–H groups in total. The van der Waals surface area contributed by atoms with E-state index in [4.69, 9.17) is 0 Å². The van der Waals surface area contributed by atoms with Crippen LogP contribution in [0.25, 0.3) is 33.4 Å². The van der Waals surface area contributed by atoms with Gasteiger partial charge in [0, 0.05) is 86.5 Å². The fraction of sp³-hybridized carbons (Fsp3) is 0.